The molecule has 7 heteroatoms. The van der Waals surface area contributed by atoms with Crippen molar-refractivity contribution in [1.82, 2.24) is 4.98 Å². The highest BCUT2D eigenvalue weighted by Crippen LogP contribution is 2.18. The summed E-state index contributed by atoms with van der Waals surface area (Å²) in [6, 6.07) is 0.748. The maximum absolute atomic E-state index is 13.4. The summed E-state index contributed by atoms with van der Waals surface area (Å²) >= 11 is 0. The highest BCUT2D eigenvalue weighted by atomic mass is 19.1. The van der Waals surface area contributed by atoms with Gasteiger partial charge in [-0.15, -0.1) is 0 Å². The Morgan fingerprint density at radius 3 is 2.33 bits per heavy atom. The van der Waals surface area contributed by atoms with Crippen LogP contribution in [0.3, 0.4) is 0 Å². The van der Waals surface area contributed by atoms with Gasteiger partial charge in [0.05, 0.1) is 0 Å². The molecule has 0 fully saturated rings. The number of rotatable bonds is 7. The Morgan fingerprint density at radius 2 is 1.83 bits per heavy atom. The molecule has 0 aliphatic heterocycles. The van der Waals surface area contributed by atoms with Crippen LogP contribution < -0.4 is 16.4 Å². The number of nitrogens with one attached hydrogen (secondary N) is 2. The molecule has 0 spiro atoms. The van der Waals surface area contributed by atoms with E-state index in [2.05, 4.69) is 15.6 Å². The zero-order valence-electron chi connectivity index (χ0n) is 10.1. The van der Waals surface area contributed by atoms with Gasteiger partial charge < -0.3 is 16.4 Å². The van der Waals surface area contributed by atoms with Gasteiger partial charge in [0.1, 0.15) is 0 Å². The Kier molecular flexibility index (Phi) is 5.29. The summed E-state index contributed by atoms with van der Waals surface area (Å²) in [7, 11) is 0. The Bertz CT molecular complexity index is 426. The Hall–Kier alpha value is -1.92. The van der Waals surface area contributed by atoms with Gasteiger partial charge in [0.2, 0.25) is 5.91 Å². The van der Waals surface area contributed by atoms with Crippen LogP contribution in [0, 0.1) is 11.6 Å². The minimum atomic E-state index is -0.806. The molecule has 1 rings (SSSR count). The van der Waals surface area contributed by atoms with E-state index in [1.807, 2.05) is 6.92 Å². The topological polar surface area (TPSA) is 80.0 Å². The molecule has 0 aromatic carbocycles. The molecule has 0 unspecified atom stereocenters. The first-order valence-corrected chi connectivity index (χ1v) is 5.66. The van der Waals surface area contributed by atoms with Crippen molar-refractivity contribution in [1.29, 1.82) is 0 Å². The number of aromatic nitrogens is 1. The van der Waals surface area contributed by atoms with Gasteiger partial charge in [-0.3, -0.25) is 4.79 Å². The number of amides is 1. The smallest absolute Gasteiger partial charge is 0.219 e. The number of halogens is 2. The molecule has 0 aliphatic rings. The number of anilines is 2. The first-order valence-electron chi connectivity index (χ1n) is 5.66. The molecule has 4 N–H and O–H groups in total. The van der Waals surface area contributed by atoms with E-state index in [-0.39, 0.29) is 24.6 Å². The van der Waals surface area contributed by atoms with Gasteiger partial charge in [-0.2, -0.15) is 0 Å². The quantitative estimate of drug-likeness (QED) is 0.692. The predicted octanol–water partition coefficient (Wildman–Crippen LogP) is 1.47. The lowest BCUT2D eigenvalue weighted by Crippen LogP contribution is -2.17. The Labute approximate surface area is 104 Å². The van der Waals surface area contributed by atoms with E-state index in [4.69, 9.17) is 5.73 Å². The molecule has 1 heterocycles. The molecular formula is C11H16F2N4O. The molecule has 0 bridgehead atoms. The zero-order chi connectivity index (χ0) is 13.5. The number of primary amides is 1. The second-order valence-electron chi connectivity index (χ2n) is 3.72. The minimum Gasteiger partial charge on any atom is -0.370 e. The van der Waals surface area contributed by atoms with Gasteiger partial charge in [0, 0.05) is 25.6 Å². The lowest BCUT2D eigenvalue weighted by atomic mass is 10.3. The number of hydrogen-bond acceptors (Lipinski definition) is 4. The van der Waals surface area contributed by atoms with Crippen LogP contribution in [-0.2, 0) is 4.79 Å². The normalized spacial score (nSPS) is 10.2. The van der Waals surface area contributed by atoms with Crippen molar-refractivity contribution in [3.8, 4) is 0 Å². The largest absolute Gasteiger partial charge is 0.370 e. The molecule has 0 atom stereocenters. The van der Waals surface area contributed by atoms with Crippen molar-refractivity contribution >= 4 is 17.5 Å². The molecule has 1 aromatic rings. The standard InChI is InChI=1S/C11H16F2N4O/c1-2-4-15-10-7(12)6-8(13)11(17-10)16-5-3-9(14)18/h6H,2-5H2,1H3,(H2,14,18)(H2,15,16,17). The molecule has 18 heavy (non-hydrogen) atoms. The van der Waals surface area contributed by atoms with Crippen molar-refractivity contribution in [2.24, 2.45) is 5.73 Å². The monoisotopic (exact) mass is 258 g/mol. The average molecular weight is 258 g/mol. The van der Waals surface area contributed by atoms with E-state index in [9.17, 15) is 13.6 Å². The summed E-state index contributed by atoms with van der Waals surface area (Å²) in [5.74, 6) is -2.18. The number of nitrogens with two attached hydrogens (primary N) is 1. The van der Waals surface area contributed by atoms with Crippen molar-refractivity contribution in [2.75, 3.05) is 23.7 Å². The van der Waals surface area contributed by atoms with Crippen LogP contribution in [0.1, 0.15) is 19.8 Å². The second kappa shape index (κ2) is 6.73. The van der Waals surface area contributed by atoms with E-state index in [1.54, 1.807) is 0 Å². The van der Waals surface area contributed by atoms with E-state index in [0.717, 1.165) is 12.5 Å². The van der Waals surface area contributed by atoms with Gasteiger partial charge in [0.25, 0.3) is 0 Å². The van der Waals surface area contributed by atoms with Crippen molar-refractivity contribution < 1.29 is 13.6 Å². The fraction of sp³-hybridized carbons (Fsp3) is 0.455. The Morgan fingerprint density at radius 1 is 1.28 bits per heavy atom. The van der Waals surface area contributed by atoms with E-state index >= 15 is 0 Å². The van der Waals surface area contributed by atoms with Crippen LogP contribution in [0.2, 0.25) is 0 Å². The minimum absolute atomic E-state index is 0.0141. The first kappa shape index (κ1) is 14.1. The highest BCUT2D eigenvalue weighted by molar-refractivity contribution is 5.74. The molecule has 100 valence electrons. The first-order chi connectivity index (χ1) is 8.54. The zero-order valence-corrected chi connectivity index (χ0v) is 10.1. The van der Waals surface area contributed by atoms with Gasteiger partial charge in [-0.25, -0.2) is 13.8 Å². The van der Waals surface area contributed by atoms with Crippen LogP contribution >= 0.6 is 0 Å². The summed E-state index contributed by atoms with van der Waals surface area (Å²) < 4.78 is 26.7. The maximum Gasteiger partial charge on any atom is 0.219 e. The van der Waals surface area contributed by atoms with Gasteiger partial charge in [0.15, 0.2) is 23.3 Å². The third kappa shape index (κ3) is 4.15. The lowest BCUT2D eigenvalue weighted by molar-refractivity contribution is -0.117. The number of carbonyl (C=O) groups is 1. The molecular weight excluding hydrogens is 242 g/mol. The van der Waals surface area contributed by atoms with Crippen LogP contribution in [0.15, 0.2) is 6.07 Å². The van der Waals surface area contributed by atoms with Gasteiger partial charge in [-0.05, 0) is 6.42 Å². The fourth-order valence-corrected chi connectivity index (χ4v) is 1.26. The summed E-state index contributed by atoms with van der Waals surface area (Å²) in [6.07, 6.45) is 0.846. The van der Waals surface area contributed by atoms with Crippen LogP contribution in [0.25, 0.3) is 0 Å². The Balaban J connectivity index is 2.74. The molecule has 0 saturated carbocycles. The van der Waals surface area contributed by atoms with Crippen molar-refractivity contribution in [3.05, 3.63) is 17.7 Å². The number of nitrogens with zero attached hydrogens (tertiary/aromatic N) is 1. The number of carbonyl (C=O) groups excluding carboxylic acids is 1. The summed E-state index contributed by atoms with van der Waals surface area (Å²) in [5, 5.41) is 5.34. The summed E-state index contributed by atoms with van der Waals surface area (Å²) in [4.78, 5) is 14.3. The van der Waals surface area contributed by atoms with E-state index in [1.165, 1.54) is 0 Å². The van der Waals surface area contributed by atoms with Crippen LogP contribution in [0.5, 0.6) is 0 Å². The molecule has 0 saturated heterocycles. The highest BCUT2D eigenvalue weighted by Gasteiger charge is 2.11. The molecule has 0 radical (unpaired) electrons. The lowest BCUT2D eigenvalue weighted by Gasteiger charge is -2.10. The molecule has 1 amide bonds. The van der Waals surface area contributed by atoms with Gasteiger partial charge in [-0.1, -0.05) is 6.92 Å². The summed E-state index contributed by atoms with van der Waals surface area (Å²) in [5.41, 5.74) is 4.95. The van der Waals surface area contributed by atoms with Crippen LogP contribution in [0.4, 0.5) is 20.4 Å². The second-order valence-corrected chi connectivity index (χ2v) is 3.72. The molecule has 5 nitrogen and oxygen atoms in total. The van der Waals surface area contributed by atoms with Crippen molar-refractivity contribution in [3.63, 3.8) is 0 Å². The number of hydrogen-bond donors (Lipinski definition) is 3. The van der Waals surface area contributed by atoms with E-state index in [0.29, 0.717) is 6.54 Å². The van der Waals surface area contributed by atoms with E-state index < -0.39 is 17.5 Å². The van der Waals surface area contributed by atoms with Gasteiger partial charge >= 0.3 is 0 Å². The fourth-order valence-electron chi connectivity index (χ4n) is 1.26. The maximum atomic E-state index is 13.4. The molecule has 1 aromatic heterocycles. The van der Waals surface area contributed by atoms with Crippen LogP contribution in [-0.4, -0.2) is 24.0 Å². The molecule has 0 aliphatic carbocycles. The average Bonchev–Trinajstić information content (AvgIpc) is 2.30. The predicted molar refractivity (Wildman–Crippen MR) is 65.2 cm³/mol. The third-order valence-electron chi connectivity index (χ3n) is 2.14. The third-order valence-corrected chi connectivity index (χ3v) is 2.14. The number of pyridine rings is 1. The SMILES string of the molecule is CCCNc1nc(NCCC(N)=O)c(F)cc1F. The summed E-state index contributed by atoms with van der Waals surface area (Å²) in [6.45, 7) is 2.61. The van der Waals surface area contributed by atoms with Crippen molar-refractivity contribution in [2.45, 2.75) is 19.8 Å².